The predicted octanol–water partition coefficient (Wildman–Crippen LogP) is 1.88. The molecule has 2 heterocycles. The Bertz CT molecular complexity index is 496. The lowest BCUT2D eigenvalue weighted by Crippen LogP contribution is -2.57. The van der Waals surface area contributed by atoms with Crippen LogP contribution in [0.15, 0.2) is 24.3 Å². The minimum atomic E-state index is -0.456. The fourth-order valence-corrected chi connectivity index (χ4v) is 3.61. The number of methoxy groups -OCH3 is 1. The van der Waals surface area contributed by atoms with Crippen molar-refractivity contribution in [2.24, 2.45) is 5.73 Å². The summed E-state index contributed by atoms with van der Waals surface area (Å²) in [5.41, 5.74) is 6.45. The topological polar surface area (TPSA) is 55.6 Å². The molecule has 0 spiro atoms. The quantitative estimate of drug-likeness (QED) is 0.911. The van der Waals surface area contributed by atoms with Crippen LogP contribution in [-0.2, 0) is 11.3 Å². The van der Waals surface area contributed by atoms with Gasteiger partial charge in [0.05, 0.1) is 7.11 Å². The number of carbonyl (C=O) groups excluding carboxylic acids is 1. The van der Waals surface area contributed by atoms with Gasteiger partial charge in [0.25, 0.3) is 0 Å². The first-order chi connectivity index (χ1) is 9.65. The van der Waals surface area contributed by atoms with Crippen molar-refractivity contribution in [1.29, 1.82) is 0 Å². The third kappa shape index (κ3) is 2.08. The molecule has 2 saturated heterocycles. The Hall–Kier alpha value is -1.55. The lowest BCUT2D eigenvalue weighted by Gasteiger charge is -2.42. The van der Waals surface area contributed by atoms with Crippen LogP contribution in [-0.4, -0.2) is 29.5 Å². The second kappa shape index (κ2) is 5.09. The summed E-state index contributed by atoms with van der Waals surface area (Å²) in [4.78, 5) is 14.3. The van der Waals surface area contributed by atoms with E-state index in [4.69, 9.17) is 10.5 Å². The van der Waals surface area contributed by atoms with Crippen LogP contribution in [0.1, 0.15) is 31.2 Å². The standard InChI is InChI=1S/C16H21N2O2/c1-20-14-6-4-12(5-7-14)11-18-13-3-2-9-16(18,10-8-13)15(17)19/h2,4-7,13H,3,8-11H2,1H3,(H2,17,19). The zero-order chi connectivity index (χ0) is 14.2. The van der Waals surface area contributed by atoms with Crippen LogP contribution in [0.5, 0.6) is 5.75 Å². The maximum absolute atomic E-state index is 12.0. The zero-order valence-corrected chi connectivity index (χ0v) is 11.8. The number of benzene rings is 1. The van der Waals surface area contributed by atoms with Gasteiger partial charge in [-0.2, -0.15) is 0 Å². The summed E-state index contributed by atoms with van der Waals surface area (Å²) in [6.45, 7) is 0.783. The normalized spacial score (nSPS) is 29.4. The van der Waals surface area contributed by atoms with E-state index in [1.807, 2.05) is 12.1 Å². The molecule has 0 aromatic heterocycles. The van der Waals surface area contributed by atoms with E-state index in [1.54, 1.807) is 7.11 Å². The molecule has 2 fully saturated rings. The molecular formula is C16H21N2O2. The van der Waals surface area contributed by atoms with E-state index in [1.165, 1.54) is 5.56 Å². The van der Waals surface area contributed by atoms with E-state index >= 15 is 0 Å². The number of hydrogen-bond acceptors (Lipinski definition) is 3. The predicted molar refractivity (Wildman–Crippen MR) is 77.0 cm³/mol. The molecule has 2 aliphatic rings. The van der Waals surface area contributed by atoms with Crippen LogP contribution < -0.4 is 10.5 Å². The minimum absolute atomic E-state index is 0.176. The molecule has 1 radical (unpaired) electrons. The summed E-state index contributed by atoms with van der Waals surface area (Å²) in [5.74, 6) is 0.678. The van der Waals surface area contributed by atoms with Crippen molar-refractivity contribution in [3.63, 3.8) is 0 Å². The molecule has 20 heavy (non-hydrogen) atoms. The maximum atomic E-state index is 12.0. The third-order valence-electron chi connectivity index (χ3n) is 4.77. The fraction of sp³-hybridized carbons (Fsp3) is 0.500. The zero-order valence-electron chi connectivity index (χ0n) is 11.8. The van der Waals surface area contributed by atoms with E-state index < -0.39 is 5.54 Å². The second-order valence-corrected chi connectivity index (χ2v) is 5.79. The van der Waals surface area contributed by atoms with Gasteiger partial charge < -0.3 is 10.5 Å². The Morgan fingerprint density at radius 2 is 2.20 bits per heavy atom. The van der Waals surface area contributed by atoms with Gasteiger partial charge in [0, 0.05) is 12.6 Å². The number of amides is 1. The molecule has 0 saturated carbocycles. The average molecular weight is 273 g/mol. The van der Waals surface area contributed by atoms with Crippen LogP contribution in [0.4, 0.5) is 0 Å². The van der Waals surface area contributed by atoms with E-state index in [-0.39, 0.29) is 5.91 Å². The summed E-state index contributed by atoms with van der Waals surface area (Å²) in [6.07, 6.45) is 6.03. The van der Waals surface area contributed by atoms with E-state index in [9.17, 15) is 4.79 Å². The van der Waals surface area contributed by atoms with Crippen LogP contribution in [0, 0.1) is 6.42 Å². The van der Waals surface area contributed by atoms with Crippen molar-refractivity contribution in [1.82, 2.24) is 4.90 Å². The van der Waals surface area contributed by atoms with Gasteiger partial charge in [-0.15, -0.1) is 0 Å². The summed E-state index contributed by atoms with van der Waals surface area (Å²) < 4.78 is 5.18. The van der Waals surface area contributed by atoms with Gasteiger partial charge in [0.15, 0.2) is 0 Å². The van der Waals surface area contributed by atoms with E-state index in [2.05, 4.69) is 23.5 Å². The SMILES string of the molecule is COc1ccc(CN2C3C[CH]CC2(C(N)=O)CC3)cc1. The minimum Gasteiger partial charge on any atom is -0.497 e. The number of nitrogens with two attached hydrogens (primary N) is 1. The van der Waals surface area contributed by atoms with Crippen molar-refractivity contribution >= 4 is 5.91 Å². The molecule has 2 unspecified atom stereocenters. The Balaban J connectivity index is 1.82. The number of hydrogen-bond donors (Lipinski definition) is 1. The van der Waals surface area contributed by atoms with Gasteiger partial charge in [0.2, 0.25) is 5.91 Å². The lowest BCUT2D eigenvalue weighted by atomic mass is 9.87. The highest BCUT2D eigenvalue weighted by Crippen LogP contribution is 2.44. The van der Waals surface area contributed by atoms with Crippen molar-refractivity contribution in [2.45, 2.75) is 43.8 Å². The van der Waals surface area contributed by atoms with Crippen molar-refractivity contribution in [3.8, 4) is 5.75 Å². The van der Waals surface area contributed by atoms with Gasteiger partial charge in [-0.25, -0.2) is 0 Å². The van der Waals surface area contributed by atoms with Crippen molar-refractivity contribution in [3.05, 3.63) is 36.2 Å². The van der Waals surface area contributed by atoms with Crippen LogP contribution in [0.3, 0.4) is 0 Å². The smallest absolute Gasteiger partial charge is 0.237 e. The molecular weight excluding hydrogens is 252 g/mol. The number of primary amides is 1. The van der Waals surface area contributed by atoms with Crippen LogP contribution in [0.25, 0.3) is 0 Å². The summed E-state index contributed by atoms with van der Waals surface area (Å²) in [5, 5.41) is 0. The third-order valence-corrected chi connectivity index (χ3v) is 4.77. The van der Waals surface area contributed by atoms with Gasteiger partial charge >= 0.3 is 0 Å². The fourth-order valence-electron chi connectivity index (χ4n) is 3.61. The highest BCUT2D eigenvalue weighted by atomic mass is 16.5. The van der Waals surface area contributed by atoms with Crippen molar-refractivity contribution in [2.75, 3.05) is 7.11 Å². The highest BCUT2D eigenvalue weighted by molar-refractivity contribution is 5.85. The lowest BCUT2D eigenvalue weighted by molar-refractivity contribution is -0.131. The molecule has 2 aliphatic heterocycles. The molecule has 2 bridgehead atoms. The first-order valence-electron chi connectivity index (χ1n) is 7.17. The summed E-state index contributed by atoms with van der Waals surface area (Å²) in [7, 11) is 1.66. The van der Waals surface area contributed by atoms with E-state index in [0.717, 1.165) is 38.0 Å². The molecule has 4 nitrogen and oxygen atoms in total. The van der Waals surface area contributed by atoms with Gasteiger partial charge in [-0.3, -0.25) is 9.69 Å². The largest absolute Gasteiger partial charge is 0.497 e. The molecule has 0 aliphatic carbocycles. The first kappa shape index (κ1) is 13.4. The van der Waals surface area contributed by atoms with E-state index in [0.29, 0.717) is 6.04 Å². The number of ether oxygens (including phenoxy) is 1. The Kier molecular flexibility index (Phi) is 3.42. The Morgan fingerprint density at radius 3 is 2.85 bits per heavy atom. The van der Waals surface area contributed by atoms with Crippen LogP contribution >= 0.6 is 0 Å². The molecule has 3 rings (SSSR count). The highest BCUT2D eigenvalue weighted by Gasteiger charge is 2.52. The molecule has 2 atom stereocenters. The van der Waals surface area contributed by atoms with Gasteiger partial charge in [0.1, 0.15) is 11.3 Å². The average Bonchev–Trinajstić information content (AvgIpc) is 2.67. The monoisotopic (exact) mass is 273 g/mol. The molecule has 2 N–H and O–H groups in total. The van der Waals surface area contributed by atoms with Crippen molar-refractivity contribution < 1.29 is 9.53 Å². The molecule has 1 aromatic rings. The van der Waals surface area contributed by atoms with Gasteiger partial charge in [-0.1, -0.05) is 12.1 Å². The molecule has 1 amide bonds. The number of fused-ring (bicyclic) bond motifs is 2. The molecule has 4 heteroatoms. The summed E-state index contributed by atoms with van der Waals surface area (Å²) >= 11 is 0. The Labute approximate surface area is 119 Å². The Morgan fingerprint density at radius 1 is 1.45 bits per heavy atom. The number of carbonyl (C=O) groups is 1. The first-order valence-corrected chi connectivity index (χ1v) is 7.17. The number of rotatable bonds is 4. The van der Waals surface area contributed by atoms with Crippen LogP contribution in [0.2, 0.25) is 0 Å². The molecule has 1 aromatic carbocycles. The van der Waals surface area contributed by atoms with Gasteiger partial charge in [-0.05, 0) is 49.8 Å². The number of piperidine rings is 1. The number of nitrogens with zero attached hydrogens (tertiary/aromatic N) is 1. The second-order valence-electron chi connectivity index (χ2n) is 5.79. The summed E-state index contributed by atoms with van der Waals surface area (Å²) in [6, 6.07) is 8.50. The molecule has 107 valence electrons. The maximum Gasteiger partial charge on any atom is 0.237 e.